The molecule has 0 fully saturated rings. The number of rotatable bonds is 14. The number of benzene rings is 1. The summed E-state index contributed by atoms with van der Waals surface area (Å²) in [6.07, 6.45) is 2.04. The van der Waals surface area contributed by atoms with E-state index in [-0.39, 0.29) is 12.8 Å². The Bertz CT molecular complexity index is 1350. The van der Waals surface area contributed by atoms with Crippen LogP contribution in [-0.2, 0) is 36.8 Å². The van der Waals surface area contributed by atoms with Crippen molar-refractivity contribution in [3.05, 3.63) is 54.2 Å². The van der Waals surface area contributed by atoms with Crippen molar-refractivity contribution in [1.82, 2.24) is 30.9 Å². The van der Waals surface area contributed by atoms with Crippen LogP contribution in [-0.4, -0.2) is 90.2 Å². The second-order valence-corrected chi connectivity index (χ2v) is 9.23. The number of hydrogen-bond acceptors (Lipinski definition) is 8. The molecule has 0 aliphatic rings. The van der Waals surface area contributed by atoms with Gasteiger partial charge in [-0.15, -0.1) is 0 Å². The zero-order chi connectivity index (χ0) is 29.4. The van der Waals surface area contributed by atoms with Crippen LogP contribution >= 0.6 is 0 Å². The third kappa shape index (κ3) is 7.87. The molecule has 0 bridgehead atoms. The summed E-state index contributed by atoms with van der Waals surface area (Å²) >= 11 is 0. The third-order valence-corrected chi connectivity index (χ3v) is 6.16. The van der Waals surface area contributed by atoms with Crippen LogP contribution in [0.3, 0.4) is 0 Å². The molecule has 40 heavy (non-hydrogen) atoms. The molecule has 3 aromatic rings. The highest BCUT2D eigenvalue weighted by atomic mass is 16.4. The Balaban J connectivity index is 1.80. The van der Waals surface area contributed by atoms with Crippen molar-refractivity contribution >= 4 is 40.6 Å². The minimum absolute atomic E-state index is 0.0647. The van der Waals surface area contributed by atoms with Gasteiger partial charge in [0.25, 0.3) is 0 Å². The highest BCUT2D eigenvalue weighted by Crippen LogP contribution is 2.19. The van der Waals surface area contributed by atoms with E-state index in [9.17, 15) is 39.3 Å². The number of imidazole rings is 1. The summed E-state index contributed by atoms with van der Waals surface area (Å²) in [4.78, 5) is 71.7. The van der Waals surface area contributed by atoms with E-state index < -0.39 is 66.4 Å². The van der Waals surface area contributed by atoms with Gasteiger partial charge in [-0.2, -0.15) is 0 Å². The summed E-state index contributed by atoms with van der Waals surface area (Å²) in [6, 6.07) is 1.42. The molecule has 214 valence electrons. The molecule has 2 heterocycles. The van der Waals surface area contributed by atoms with Gasteiger partial charge in [-0.1, -0.05) is 18.2 Å². The number of fused-ring (bicyclic) bond motifs is 1. The summed E-state index contributed by atoms with van der Waals surface area (Å²) in [5.74, 6) is -5.61. The number of H-pyrrole nitrogens is 2. The molecule has 5 unspecified atom stereocenters. The average molecular weight is 558 g/mol. The first kappa shape index (κ1) is 29.8. The fraction of sp³-hybridized carbons (Fsp3) is 0.360. The van der Waals surface area contributed by atoms with Crippen LogP contribution in [0.5, 0.6) is 0 Å². The predicted molar refractivity (Wildman–Crippen MR) is 140 cm³/mol. The first-order valence-electron chi connectivity index (χ1n) is 12.3. The molecule has 2 aromatic heterocycles. The van der Waals surface area contributed by atoms with E-state index in [4.69, 9.17) is 5.73 Å². The maximum absolute atomic E-state index is 13.3. The highest BCUT2D eigenvalue weighted by Gasteiger charge is 2.32. The molecule has 0 spiro atoms. The first-order valence-corrected chi connectivity index (χ1v) is 12.3. The predicted octanol–water partition coefficient (Wildman–Crippen LogP) is -1.60. The van der Waals surface area contributed by atoms with E-state index in [1.165, 1.54) is 19.4 Å². The summed E-state index contributed by atoms with van der Waals surface area (Å²) in [5, 5.41) is 36.4. The number of carbonyl (C=O) groups is 5. The first-order chi connectivity index (χ1) is 19.0. The summed E-state index contributed by atoms with van der Waals surface area (Å²) in [6.45, 7) is 1.25. The van der Waals surface area contributed by atoms with Gasteiger partial charge in [0.2, 0.25) is 17.7 Å². The smallest absolute Gasteiger partial charge is 0.326 e. The summed E-state index contributed by atoms with van der Waals surface area (Å²) < 4.78 is 0. The van der Waals surface area contributed by atoms with Gasteiger partial charge in [-0.25, -0.2) is 9.78 Å². The molecular weight excluding hydrogens is 526 g/mol. The number of carboxylic acid groups (broad SMARTS) is 2. The standard InChI is InChI=1S/C25H31N7O8/c1-12(33)21(26)24(38)31-18(8-20(34)35)23(37)30-17(7-14-10-27-11-29-14)22(36)32-19(25(39)40)6-13-9-28-16-5-3-2-4-15(13)16/h2-5,9-12,17-19,21,28,33H,6-8,26H2,1H3,(H,27,29)(H,30,37)(H,31,38)(H,32,36)(H,34,35)(H,39,40). The number of hydrogen-bond donors (Lipinski definition) is 9. The maximum Gasteiger partial charge on any atom is 0.326 e. The molecule has 10 N–H and O–H groups in total. The van der Waals surface area contributed by atoms with Gasteiger partial charge in [-0.3, -0.25) is 19.2 Å². The quantitative estimate of drug-likeness (QED) is 0.110. The number of aliphatic hydroxyl groups is 1. The van der Waals surface area contributed by atoms with Crippen molar-refractivity contribution in [3.8, 4) is 0 Å². The molecule has 0 saturated carbocycles. The summed E-state index contributed by atoms with van der Waals surface area (Å²) in [7, 11) is 0. The Morgan fingerprint density at radius 1 is 0.925 bits per heavy atom. The lowest BCUT2D eigenvalue weighted by atomic mass is 10.0. The monoisotopic (exact) mass is 557 g/mol. The van der Waals surface area contributed by atoms with Crippen molar-refractivity contribution in [2.45, 2.75) is 56.5 Å². The van der Waals surface area contributed by atoms with Crippen LogP contribution in [0.4, 0.5) is 0 Å². The van der Waals surface area contributed by atoms with E-state index in [1.807, 2.05) is 18.2 Å². The number of aromatic amines is 2. The normalized spacial score (nSPS) is 14.9. The van der Waals surface area contributed by atoms with Gasteiger partial charge in [0.1, 0.15) is 24.2 Å². The molecule has 5 atom stereocenters. The van der Waals surface area contributed by atoms with Crippen molar-refractivity contribution in [3.63, 3.8) is 0 Å². The minimum Gasteiger partial charge on any atom is -0.481 e. The number of para-hydroxylation sites is 1. The van der Waals surface area contributed by atoms with Crippen LogP contribution in [0.15, 0.2) is 43.0 Å². The molecule has 3 amide bonds. The SMILES string of the molecule is CC(O)C(N)C(=O)NC(CC(=O)O)C(=O)NC(Cc1cnc[nH]1)C(=O)NC(Cc1c[nH]c2ccccc12)C(=O)O. The number of carboxylic acids is 2. The second kappa shape index (κ2) is 13.3. The lowest BCUT2D eigenvalue weighted by Crippen LogP contribution is -2.59. The Morgan fingerprint density at radius 3 is 2.20 bits per heavy atom. The Kier molecular flexibility index (Phi) is 9.94. The Labute approximate surface area is 227 Å². The van der Waals surface area contributed by atoms with E-state index in [1.54, 1.807) is 12.3 Å². The molecule has 15 nitrogen and oxygen atoms in total. The van der Waals surface area contributed by atoms with Crippen LogP contribution in [0, 0.1) is 0 Å². The van der Waals surface area contributed by atoms with Gasteiger partial charge < -0.3 is 47.0 Å². The zero-order valence-electron chi connectivity index (χ0n) is 21.5. The topological polar surface area (TPSA) is 253 Å². The Morgan fingerprint density at radius 2 is 1.57 bits per heavy atom. The van der Waals surface area contributed by atoms with Gasteiger partial charge in [-0.05, 0) is 18.6 Å². The number of nitrogens with one attached hydrogen (secondary N) is 5. The lowest BCUT2D eigenvalue weighted by molar-refractivity contribution is -0.143. The zero-order valence-corrected chi connectivity index (χ0v) is 21.5. The number of carbonyl (C=O) groups excluding carboxylic acids is 3. The average Bonchev–Trinajstić information content (AvgIpc) is 3.56. The molecule has 3 rings (SSSR count). The van der Waals surface area contributed by atoms with Crippen LogP contribution in [0.1, 0.15) is 24.6 Å². The van der Waals surface area contributed by atoms with Gasteiger partial charge in [0.05, 0.1) is 18.9 Å². The molecule has 0 aliphatic heterocycles. The minimum atomic E-state index is -1.65. The molecule has 15 heteroatoms. The van der Waals surface area contributed by atoms with Crippen molar-refractivity contribution in [2.75, 3.05) is 0 Å². The number of nitrogens with zero attached hydrogens (tertiary/aromatic N) is 1. The van der Waals surface area contributed by atoms with E-state index in [0.29, 0.717) is 11.3 Å². The third-order valence-electron chi connectivity index (χ3n) is 6.16. The number of aliphatic carboxylic acids is 2. The van der Waals surface area contributed by atoms with Crippen LogP contribution in [0.2, 0.25) is 0 Å². The van der Waals surface area contributed by atoms with Gasteiger partial charge >= 0.3 is 11.9 Å². The molecule has 0 saturated heterocycles. The van der Waals surface area contributed by atoms with Gasteiger partial charge in [0, 0.05) is 41.8 Å². The Hall–Kier alpha value is -4.76. The largest absolute Gasteiger partial charge is 0.481 e. The lowest BCUT2D eigenvalue weighted by Gasteiger charge is -2.25. The van der Waals surface area contributed by atoms with E-state index in [2.05, 4.69) is 30.9 Å². The molecule has 0 aliphatic carbocycles. The number of amides is 3. The van der Waals surface area contributed by atoms with Crippen molar-refractivity contribution < 1.29 is 39.3 Å². The fourth-order valence-electron chi connectivity index (χ4n) is 3.96. The molecule has 1 aromatic carbocycles. The van der Waals surface area contributed by atoms with Crippen LogP contribution < -0.4 is 21.7 Å². The molecular formula is C25H31N7O8. The highest BCUT2D eigenvalue weighted by molar-refractivity contribution is 5.96. The molecule has 0 radical (unpaired) electrons. The van der Waals surface area contributed by atoms with Crippen molar-refractivity contribution in [2.24, 2.45) is 5.73 Å². The number of nitrogens with two attached hydrogens (primary N) is 1. The van der Waals surface area contributed by atoms with E-state index >= 15 is 0 Å². The maximum atomic E-state index is 13.3. The number of aliphatic hydroxyl groups excluding tert-OH is 1. The second-order valence-electron chi connectivity index (χ2n) is 9.23. The summed E-state index contributed by atoms with van der Waals surface area (Å²) in [5.41, 5.74) is 7.43. The van der Waals surface area contributed by atoms with Gasteiger partial charge in [0.15, 0.2) is 0 Å². The van der Waals surface area contributed by atoms with Crippen molar-refractivity contribution in [1.29, 1.82) is 0 Å². The van der Waals surface area contributed by atoms with E-state index in [0.717, 1.165) is 10.9 Å². The van der Waals surface area contributed by atoms with Crippen LogP contribution in [0.25, 0.3) is 10.9 Å². The number of aromatic nitrogens is 3. The fourth-order valence-corrected chi connectivity index (χ4v) is 3.96.